The zero-order chi connectivity index (χ0) is 8.48. The first-order valence-electron chi connectivity index (χ1n) is 4.06. The van der Waals surface area contributed by atoms with Gasteiger partial charge >= 0.3 is 0 Å². The molecule has 62 valence electrons. The lowest BCUT2D eigenvalue weighted by atomic mass is 9.93. The Morgan fingerprint density at radius 1 is 1.45 bits per heavy atom. The maximum atomic E-state index is 11.4. The van der Waals surface area contributed by atoms with E-state index >= 15 is 0 Å². The van der Waals surface area contributed by atoms with Crippen LogP contribution in [0, 0.1) is 0 Å². The van der Waals surface area contributed by atoms with Gasteiger partial charge < -0.3 is 4.74 Å². The van der Waals surface area contributed by atoms with Gasteiger partial charge in [-0.3, -0.25) is 4.79 Å². The Morgan fingerprint density at radius 2 is 2.00 bits per heavy atom. The summed E-state index contributed by atoms with van der Waals surface area (Å²) in [5.41, 5.74) is -0.524. The molecular weight excluding hydrogens is 140 g/mol. The van der Waals surface area contributed by atoms with Crippen LogP contribution in [-0.2, 0) is 9.53 Å². The Kier molecular flexibility index (Phi) is 2.03. The molecule has 1 aliphatic rings. The summed E-state index contributed by atoms with van der Waals surface area (Å²) in [5.74, 6) is 0.874. The Bertz CT molecular complexity index is 200. The molecule has 1 heterocycles. The highest BCUT2D eigenvalue weighted by Crippen LogP contribution is 2.30. The molecule has 0 aromatic carbocycles. The molecule has 0 aliphatic carbocycles. The predicted molar refractivity (Wildman–Crippen MR) is 43.2 cm³/mol. The van der Waals surface area contributed by atoms with Gasteiger partial charge in [-0.15, -0.1) is 0 Å². The Balaban J connectivity index is 2.84. The second kappa shape index (κ2) is 2.68. The summed E-state index contributed by atoms with van der Waals surface area (Å²) in [6, 6.07) is 0. The summed E-state index contributed by atoms with van der Waals surface area (Å²) >= 11 is 0. The zero-order valence-corrected chi connectivity index (χ0v) is 7.31. The average molecular weight is 154 g/mol. The standard InChI is InChI=1S/C9H14O2/c1-4-9(5-2)8(10)6-7(3)11-9/h6H,4-5H2,1-3H3. The van der Waals surface area contributed by atoms with Gasteiger partial charge in [0.2, 0.25) is 5.78 Å². The van der Waals surface area contributed by atoms with Crippen LogP contribution in [0.4, 0.5) is 0 Å². The number of hydrogen-bond donors (Lipinski definition) is 0. The molecule has 0 amide bonds. The van der Waals surface area contributed by atoms with E-state index in [-0.39, 0.29) is 5.78 Å². The lowest BCUT2D eigenvalue weighted by Crippen LogP contribution is -2.34. The number of carbonyl (C=O) groups excluding carboxylic acids is 1. The van der Waals surface area contributed by atoms with Crippen molar-refractivity contribution >= 4 is 5.78 Å². The summed E-state index contributed by atoms with van der Waals surface area (Å²) in [6.45, 7) is 5.78. The van der Waals surface area contributed by atoms with Gasteiger partial charge in [-0.25, -0.2) is 0 Å². The quantitative estimate of drug-likeness (QED) is 0.608. The van der Waals surface area contributed by atoms with Crippen molar-refractivity contribution in [3.8, 4) is 0 Å². The molecule has 2 heteroatoms. The van der Waals surface area contributed by atoms with E-state index in [1.54, 1.807) is 6.08 Å². The van der Waals surface area contributed by atoms with Crippen LogP contribution in [-0.4, -0.2) is 11.4 Å². The molecule has 1 rings (SSSR count). The SMILES string of the molecule is CCC1(CC)OC(C)=CC1=O. The van der Waals surface area contributed by atoms with E-state index in [1.165, 1.54) is 0 Å². The minimum atomic E-state index is -0.524. The van der Waals surface area contributed by atoms with Crippen LogP contribution in [0.1, 0.15) is 33.6 Å². The monoisotopic (exact) mass is 154 g/mol. The van der Waals surface area contributed by atoms with Crippen molar-refractivity contribution in [3.63, 3.8) is 0 Å². The van der Waals surface area contributed by atoms with E-state index in [9.17, 15) is 4.79 Å². The van der Waals surface area contributed by atoms with Gasteiger partial charge in [0.1, 0.15) is 0 Å². The lowest BCUT2D eigenvalue weighted by molar-refractivity contribution is -0.130. The molecule has 0 atom stereocenters. The van der Waals surface area contributed by atoms with Gasteiger partial charge in [0.05, 0.1) is 5.76 Å². The van der Waals surface area contributed by atoms with E-state index < -0.39 is 5.60 Å². The second-order valence-corrected chi connectivity index (χ2v) is 2.92. The topological polar surface area (TPSA) is 26.3 Å². The number of carbonyl (C=O) groups is 1. The molecule has 0 aromatic rings. The molecular formula is C9H14O2. The molecule has 0 radical (unpaired) electrons. The molecule has 11 heavy (non-hydrogen) atoms. The summed E-state index contributed by atoms with van der Waals surface area (Å²) in [4.78, 5) is 11.4. The predicted octanol–water partition coefficient (Wildman–Crippen LogP) is 2.05. The summed E-state index contributed by atoms with van der Waals surface area (Å²) in [6.07, 6.45) is 3.11. The number of allylic oxidation sites excluding steroid dienone is 1. The summed E-state index contributed by atoms with van der Waals surface area (Å²) in [5, 5.41) is 0. The first-order chi connectivity index (χ1) is 5.14. The fraction of sp³-hybridized carbons (Fsp3) is 0.667. The molecule has 0 spiro atoms. The summed E-state index contributed by atoms with van der Waals surface area (Å²) < 4.78 is 5.47. The van der Waals surface area contributed by atoms with Crippen LogP contribution >= 0.6 is 0 Å². The van der Waals surface area contributed by atoms with Crippen molar-refractivity contribution in [3.05, 3.63) is 11.8 Å². The van der Waals surface area contributed by atoms with Crippen molar-refractivity contribution in [1.82, 2.24) is 0 Å². The van der Waals surface area contributed by atoms with Crippen molar-refractivity contribution in [2.75, 3.05) is 0 Å². The van der Waals surface area contributed by atoms with Crippen molar-refractivity contribution in [1.29, 1.82) is 0 Å². The molecule has 0 aromatic heterocycles. The van der Waals surface area contributed by atoms with Crippen LogP contribution in [0.5, 0.6) is 0 Å². The number of ether oxygens (including phenoxy) is 1. The van der Waals surface area contributed by atoms with Gasteiger partial charge in [0.15, 0.2) is 5.60 Å². The first kappa shape index (κ1) is 8.31. The third kappa shape index (κ3) is 1.17. The van der Waals surface area contributed by atoms with Crippen LogP contribution in [0.15, 0.2) is 11.8 Å². The van der Waals surface area contributed by atoms with Crippen LogP contribution in [0.3, 0.4) is 0 Å². The number of ketones is 1. The minimum Gasteiger partial charge on any atom is -0.484 e. The molecule has 0 saturated heterocycles. The molecule has 0 unspecified atom stereocenters. The van der Waals surface area contributed by atoms with Gasteiger partial charge in [-0.2, -0.15) is 0 Å². The van der Waals surface area contributed by atoms with E-state index in [2.05, 4.69) is 0 Å². The number of hydrogen-bond acceptors (Lipinski definition) is 2. The van der Waals surface area contributed by atoms with Crippen LogP contribution in [0.2, 0.25) is 0 Å². The molecule has 2 nitrogen and oxygen atoms in total. The van der Waals surface area contributed by atoms with Crippen molar-refractivity contribution in [2.24, 2.45) is 0 Å². The molecule has 1 aliphatic heterocycles. The van der Waals surface area contributed by atoms with Gasteiger partial charge in [0, 0.05) is 6.08 Å². The Morgan fingerprint density at radius 3 is 2.18 bits per heavy atom. The smallest absolute Gasteiger partial charge is 0.202 e. The fourth-order valence-electron chi connectivity index (χ4n) is 1.45. The van der Waals surface area contributed by atoms with E-state index in [1.807, 2.05) is 20.8 Å². The van der Waals surface area contributed by atoms with E-state index in [0.29, 0.717) is 0 Å². The molecule has 0 fully saturated rings. The maximum absolute atomic E-state index is 11.4. The van der Waals surface area contributed by atoms with Gasteiger partial charge in [0.25, 0.3) is 0 Å². The number of rotatable bonds is 2. The highest BCUT2D eigenvalue weighted by Gasteiger charge is 2.39. The highest BCUT2D eigenvalue weighted by molar-refractivity contribution is 5.99. The fourth-order valence-corrected chi connectivity index (χ4v) is 1.45. The second-order valence-electron chi connectivity index (χ2n) is 2.92. The molecule has 0 saturated carbocycles. The van der Waals surface area contributed by atoms with E-state index in [4.69, 9.17) is 4.74 Å². The zero-order valence-electron chi connectivity index (χ0n) is 7.31. The lowest BCUT2D eigenvalue weighted by Gasteiger charge is -2.24. The third-order valence-electron chi connectivity index (χ3n) is 2.28. The summed E-state index contributed by atoms with van der Waals surface area (Å²) in [7, 11) is 0. The normalized spacial score (nSPS) is 21.4. The Labute approximate surface area is 67.2 Å². The first-order valence-corrected chi connectivity index (χ1v) is 4.06. The van der Waals surface area contributed by atoms with Crippen molar-refractivity contribution < 1.29 is 9.53 Å². The van der Waals surface area contributed by atoms with Gasteiger partial charge in [-0.05, 0) is 19.8 Å². The average Bonchev–Trinajstić information content (AvgIpc) is 2.27. The van der Waals surface area contributed by atoms with Crippen LogP contribution < -0.4 is 0 Å². The largest absolute Gasteiger partial charge is 0.484 e. The minimum absolute atomic E-state index is 0.125. The van der Waals surface area contributed by atoms with Crippen molar-refractivity contribution in [2.45, 2.75) is 39.2 Å². The highest BCUT2D eigenvalue weighted by atomic mass is 16.5. The maximum Gasteiger partial charge on any atom is 0.202 e. The third-order valence-corrected chi connectivity index (χ3v) is 2.28. The van der Waals surface area contributed by atoms with E-state index in [0.717, 1.165) is 18.6 Å². The van der Waals surface area contributed by atoms with Gasteiger partial charge in [-0.1, -0.05) is 13.8 Å². The Hall–Kier alpha value is -0.790. The van der Waals surface area contributed by atoms with Crippen LogP contribution in [0.25, 0.3) is 0 Å². The molecule has 0 bridgehead atoms. The molecule has 0 N–H and O–H groups in total.